The van der Waals surface area contributed by atoms with E-state index in [1.165, 1.54) is 15.9 Å². The lowest BCUT2D eigenvalue weighted by Crippen LogP contribution is -2.21. The molecule has 4 aromatic rings. The number of hydrogen-bond acceptors (Lipinski definition) is 6. The van der Waals surface area contributed by atoms with Gasteiger partial charge in [-0.15, -0.1) is 11.3 Å². The number of halogens is 1. The van der Waals surface area contributed by atoms with Gasteiger partial charge >= 0.3 is 10.8 Å². The predicted molar refractivity (Wildman–Crippen MR) is 101 cm³/mol. The number of nitrogens with zero attached hydrogens (tertiary/aromatic N) is 2. The summed E-state index contributed by atoms with van der Waals surface area (Å²) in [6.07, 6.45) is 0. The Kier molecular flexibility index (Phi) is 4.29. The van der Waals surface area contributed by atoms with Crippen LogP contribution >= 0.6 is 34.3 Å². The van der Waals surface area contributed by atoms with Crippen molar-refractivity contribution < 1.29 is 9.53 Å². The van der Waals surface area contributed by atoms with Crippen LogP contribution in [0.15, 0.2) is 47.3 Å². The van der Waals surface area contributed by atoms with Gasteiger partial charge in [0.2, 0.25) is 0 Å². The number of carbonyl (C=O) groups excluding carboxylic acids is 1. The standard InChI is InChI=1S/C17H11ClN2O3S2/c18-10-4-3-7-13-16(10)20(17(22)25-13)8-15(21)23-9-14-19-11-5-1-2-6-12(11)24-14/h1-7H,8-9H2. The molecule has 0 amide bonds. The van der Waals surface area contributed by atoms with Crippen molar-refractivity contribution in [1.82, 2.24) is 9.55 Å². The third-order valence-electron chi connectivity index (χ3n) is 3.62. The first-order valence-corrected chi connectivity index (χ1v) is 9.41. The molecule has 0 aliphatic rings. The fourth-order valence-corrected chi connectivity index (χ4v) is 4.65. The highest BCUT2D eigenvalue weighted by atomic mass is 35.5. The molecule has 0 unspecified atom stereocenters. The highest BCUT2D eigenvalue weighted by molar-refractivity contribution is 7.18. The van der Waals surface area contributed by atoms with E-state index in [0.29, 0.717) is 10.5 Å². The number of hydrogen-bond donors (Lipinski definition) is 0. The van der Waals surface area contributed by atoms with Gasteiger partial charge in [0.1, 0.15) is 18.2 Å². The molecule has 0 radical (unpaired) electrons. The lowest BCUT2D eigenvalue weighted by molar-refractivity contribution is -0.145. The molecule has 25 heavy (non-hydrogen) atoms. The van der Waals surface area contributed by atoms with Gasteiger partial charge in [0.15, 0.2) is 0 Å². The van der Waals surface area contributed by atoms with E-state index in [-0.39, 0.29) is 18.0 Å². The van der Waals surface area contributed by atoms with E-state index in [1.807, 2.05) is 24.3 Å². The Bertz CT molecular complexity index is 1110. The van der Waals surface area contributed by atoms with E-state index < -0.39 is 5.97 Å². The average Bonchev–Trinajstić information content (AvgIpc) is 3.14. The molecule has 4 rings (SSSR count). The molecule has 0 fully saturated rings. The summed E-state index contributed by atoms with van der Waals surface area (Å²) in [7, 11) is 0. The number of carbonyl (C=O) groups is 1. The van der Waals surface area contributed by atoms with Crippen molar-refractivity contribution in [1.29, 1.82) is 0 Å². The maximum Gasteiger partial charge on any atom is 0.326 e. The molecule has 0 aliphatic heterocycles. The van der Waals surface area contributed by atoms with Crippen LogP contribution in [0.3, 0.4) is 0 Å². The Balaban J connectivity index is 1.51. The predicted octanol–water partition coefficient (Wildman–Crippen LogP) is 4.07. The number of aromatic nitrogens is 2. The zero-order valence-electron chi connectivity index (χ0n) is 12.8. The number of rotatable bonds is 4. The highest BCUT2D eigenvalue weighted by Gasteiger charge is 2.15. The molecular formula is C17H11ClN2O3S2. The normalized spacial score (nSPS) is 11.2. The summed E-state index contributed by atoms with van der Waals surface area (Å²) in [5.74, 6) is -0.499. The van der Waals surface area contributed by atoms with Crippen molar-refractivity contribution in [2.45, 2.75) is 13.2 Å². The van der Waals surface area contributed by atoms with Crippen LogP contribution < -0.4 is 4.87 Å². The van der Waals surface area contributed by atoms with Crippen molar-refractivity contribution in [2.24, 2.45) is 0 Å². The van der Waals surface area contributed by atoms with Gasteiger partial charge in [-0.1, -0.05) is 41.1 Å². The first kappa shape index (κ1) is 16.3. The molecule has 0 saturated heterocycles. The first-order valence-electron chi connectivity index (χ1n) is 7.40. The fourth-order valence-electron chi connectivity index (χ4n) is 2.52. The molecule has 2 heterocycles. The summed E-state index contributed by atoms with van der Waals surface area (Å²) in [5, 5.41) is 1.16. The minimum absolute atomic E-state index is 0.0860. The number of para-hydroxylation sites is 2. The molecule has 0 bridgehead atoms. The second-order valence-electron chi connectivity index (χ2n) is 5.28. The van der Waals surface area contributed by atoms with Gasteiger partial charge in [0, 0.05) is 0 Å². The Morgan fingerprint density at radius 3 is 2.76 bits per heavy atom. The maximum absolute atomic E-state index is 12.2. The van der Waals surface area contributed by atoms with Gasteiger partial charge in [-0.3, -0.25) is 14.2 Å². The third kappa shape index (κ3) is 3.18. The topological polar surface area (TPSA) is 61.2 Å². The molecule has 5 nitrogen and oxygen atoms in total. The molecular weight excluding hydrogens is 380 g/mol. The molecule has 0 N–H and O–H groups in total. The average molecular weight is 391 g/mol. The van der Waals surface area contributed by atoms with Crippen molar-refractivity contribution in [3.63, 3.8) is 0 Å². The highest BCUT2D eigenvalue weighted by Crippen LogP contribution is 2.25. The number of ether oxygens (including phenoxy) is 1. The summed E-state index contributed by atoms with van der Waals surface area (Å²) in [6, 6.07) is 13.0. The van der Waals surface area contributed by atoms with Crippen LogP contribution in [0.25, 0.3) is 20.4 Å². The number of fused-ring (bicyclic) bond motifs is 2. The smallest absolute Gasteiger partial charge is 0.326 e. The SMILES string of the molecule is O=C(Cn1c(=O)sc2cccc(Cl)c21)OCc1nc2ccccc2s1. The van der Waals surface area contributed by atoms with Crippen LogP contribution in [-0.2, 0) is 22.7 Å². The Morgan fingerprint density at radius 1 is 1.12 bits per heavy atom. The lowest BCUT2D eigenvalue weighted by atomic mass is 10.3. The number of esters is 1. The zero-order chi connectivity index (χ0) is 17.4. The fraction of sp³-hybridized carbons (Fsp3) is 0.118. The maximum atomic E-state index is 12.2. The Labute approximate surface area is 155 Å². The number of benzene rings is 2. The van der Waals surface area contributed by atoms with Gasteiger partial charge < -0.3 is 4.74 Å². The summed E-state index contributed by atoms with van der Waals surface area (Å²) < 4.78 is 8.42. The summed E-state index contributed by atoms with van der Waals surface area (Å²) in [6.45, 7) is -0.0871. The zero-order valence-corrected chi connectivity index (χ0v) is 15.2. The van der Waals surface area contributed by atoms with Gasteiger partial charge in [-0.05, 0) is 24.3 Å². The summed E-state index contributed by atoms with van der Waals surface area (Å²) in [4.78, 5) is 28.5. The van der Waals surface area contributed by atoms with Crippen LogP contribution in [0.1, 0.15) is 5.01 Å². The van der Waals surface area contributed by atoms with E-state index in [4.69, 9.17) is 16.3 Å². The molecule has 2 aromatic heterocycles. The first-order chi connectivity index (χ1) is 12.1. The third-order valence-corrected chi connectivity index (χ3v) is 5.88. The van der Waals surface area contributed by atoms with E-state index >= 15 is 0 Å². The molecule has 8 heteroatoms. The van der Waals surface area contributed by atoms with Gasteiger partial charge in [0.25, 0.3) is 0 Å². The van der Waals surface area contributed by atoms with Gasteiger partial charge in [-0.25, -0.2) is 4.98 Å². The van der Waals surface area contributed by atoms with E-state index in [0.717, 1.165) is 31.3 Å². The monoisotopic (exact) mass is 390 g/mol. The van der Waals surface area contributed by atoms with Crippen molar-refractivity contribution in [3.05, 3.63) is 62.2 Å². The van der Waals surface area contributed by atoms with Crippen LogP contribution in [0, 0.1) is 0 Å². The van der Waals surface area contributed by atoms with Crippen molar-refractivity contribution >= 4 is 60.7 Å². The van der Waals surface area contributed by atoms with E-state index in [2.05, 4.69) is 4.98 Å². The summed E-state index contributed by atoms with van der Waals surface area (Å²) >= 11 is 8.70. The lowest BCUT2D eigenvalue weighted by Gasteiger charge is -2.05. The minimum Gasteiger partial charge on any atom is -0.457 e. The largest absolute Gasteiger partial charge is 0.457 e. The van der Waals surface area contributed by atoms with Crippen LogP contribution in [0.5, 0.6) is 0 Å². The molecule has 0 spiro atoms. The Hall–Kier alpha value is -2.22. The van der Waals surface area contributed by atoms with E-state index in [1.54, 1.807) is 18.2 Å². The molecule has 0 atom stereocenters. The second kappa shape index (κ2) is 6.59. The van der Waals surface area contributed by atoms with Crippen molar-refractivity contribution in [3.8, 4) is 0 Å². The van der Waals surface area contributed by atoms with E-state index in [9.17, 15) is 9.59 Å². The quantitative estimate of drug-likeness (QED) is 0.493. The summed E-state index contributed by atoms with van der Waals surface area (Å²) in [5.41, 5.74) is 1.45. The second-order valence-corrected chi connectivity index (χ2v) is 7.79. The van der Waals surface area contributed by atoms with Crippen molar-refractivity contribution in [2.75, 3.05) is 0 Å². The molecule has 0 saturated carbocycles. The van der Waals surface area contributed by atoms with Gasteiger partial charge in [-0.2, -0.15) is 0 Å². The van der Waals surface area contributed by atoms with Crippen LogP contribution in [0.4, 0.5) is 0 Å². The molecule has 126 valence electrons. The Morgan fingerprint density at radius 2 is 1.92 bits per heavy atom. The molecule has 2 aromatic carbocycles. The molecule has 0 aliphatic carbocycles. The number of thiazole rings is 2. The van der Waals surface area contributed by atoms with Gasteiger partial charge in [0.05, 0.1) is 25.5 Å². The minimum atomic E-state index is -0.499. The van der Waals surface area contributed by atoms with Crippen LogP contribution in [-0.4, -0.2) is 15.5 Å². The van der Waals surface area contributed by atoms with Crippen LogP contribution in [0.2, 0.25) is 5.02 Å².